The molecule has 1 rings (SSSR count). The second kappa shape index (κ2) is 62.7. The first-order chi connectivity index (χ1) is 43.2. The van der Waals surface area contributed by atoms with Crippen LogP contribution in [0.3, 0.4) is 0 Å². The van der Waals surface area contributed by atoms with Crippen LogP contribution in [0.15, 0.2) is 146 Å². The number of amides is 1. The second-order valence-corrected chi connectivity index (χ2v) is 23.5. The van der Waals surface area contributed by atoms with Crippen molar-refractivity contribution in [3.8, 4) is 0 Å². The van der Waals surface area contributed by atoms with Gasteiger partial charge < -0.3 is 45.1 Å². The van der Waals surface area contributed by atoms with Crippen molar-refractivity contribution in [2.24, 2.45) is 0 Å². The molecule has 0 spiro atoms. The lowest BCUT2D eigenvalue weighted by molar-refractivity contribution is -0.305. The number of aliphatic hydroxyl groups is 5. The van der Waals surface area contributed by atoms with Crippen molar-refractivity contribution in [1.82, 2.24) is 5.32 Å². The Hall–Kier alpha value is -4.46. The zero-order valence-electron chi connectivity index (χ0n) is 55.5. The first-order valence-corrected chi connectivity index (χ1v) is 35.1. The maximum absolute atomic E-state index is 13.5. The molecule has 0 bridgehead atoms. The monoisotopic (exact) mass is 1230 g/mol. The van der Waals surface area contributed by atoms with E-state index in [0.29, 0.717) is 19.3 Å². The van der Waals surface area contributed by atoms with Crippen LogP contribution in [0.1, 0.15) is 265 Å². The van der Waals surface area contributed by atoms with Crippen molar-refractivity contribution in [2.75, 3.05) is 13.2 Å². The number of ether oxygens (including phenoxy) is 3. The van der Waals surface area contributed by atoms with Crippen molar-refractivity contribution in [3.05, 3.63) is 146 Å². The first kappa shape index (κ1) is 81.6. The molecule has 0 radical (unpaired) electrons. The van der Waals surface area contributed by atoms with Gasteiger partial charge >= 0.3 is 5.97 Å². The highest BCUT2D eigenvalue weighted by atomic mass is 16.7. The van der Waals surface area contributed by atoms with Crippen LogP contribution in [0.2, 0.25) is 0 Å². The second-order valence-electron chi connectivity index (χ2n) is 23.5. The highest BCUT2D eigenvalue weighted by Crippen LogP contribution is 2.26. The minimum Gasteiger partial charge on any atom is -0.454 e. The maximum Gasteiger partial charge on any atom is 0.306 e. The normalized spacial score (nSPS) is 19.1. The van der Waals surface area contributed by atoms with E-state index in [4.69, 9.17) is 14.2 Å². The Morgan fingerprint density at radius 2 is 0.818 bits per heavy atom. The molecule has 0 aromatic rings. The summed E-state index contributed by atoms with van der Waals surface area (Å²) in [6.07, 6.45) is 80.3. The number of unbranched alkanes of at least 4 members (excludes halogenated alkanes) is 22. The van der Waals surface area contributed by atoms with Crippen LogP contribution < -0.4 is 5.32 Å². The molecule has 0 aromatic carbocycles. The summed E-state index contributed by atoms with van der Waals surface area (Å²) in [5.41, 5.74) is 0. The van der Waals surface area contributed by atoms with Gasteiger partial charge in [0.15, 0.2) is 12.4 Å². The van der Waals surface area contributed by atoms with Gasteiger partial charge in [-0.15, -0.1) is 0 Å². The van der Waals surface area contributed by atoms with Crippen molar-refractivity contribution in [2.45, 2.75) is 314 Å². The molecule has 8 atom stereocenters. The summed E-state index contributed by atoms with van der Waals surface area (Å²) in [7, 11) is 0. The van der Waals surface area contributed by atoms with Gasteiger partial charge in [-0.3, -0.25) is 9.59 Å². The van der Waals surface area contributed by atoms with Gasteiger partial charge in [-0.2, -0.15) is 0 Å². The molecular weight excluding hydrogens is 1100 g/mol. The van der Waals surface area contributed by atoms with Crippen LogP contribution >= 0.6 is 0 Å². The zero-order chi connectivity index (χ0) is 63.9. The van der Waals surface area contributed by atoms with Crippen LogP contribution in [0.5, 0.6) is 0 Å². The Labute approximate surface area is 536 Å². The van der Waals surface area contributed by atoms with E-state index in [0.717, 1.165) is 128 Å². The Morgan fingerprint density at radius 3 is 1.23 bits per heavy atom. The summed E-state index contributed by atoms with van der Waals surface area (Å²) >= 11 is 0. The molecule has 1 amide bonds. The molecule has 1 aliphatic heterocycles. The minimum absolute atomic E-state index is 0.105. The van der Waals surface area contributed by atoms with Gasteiger partial charge in [0, 0.05) is 6.42 Å². The largest absolute Gasteiger partial charge is 0.454 e. The molecule has 11 heteroatoms. The average molecular weight is 1230 g/mol. The van der Waals surface area contributed by atoms with Crippen molar-refractivity contribution >= 4 is 11.9 Å². The molecular formula is C77H127NO10. The van der Waals surface area contributed by atoms with Crippen molar-refractivity contribution in [1.29, 1.82) is 0 Å². The molecule has 1 heterocycles. The summed E-state index contributed by atoms with van der Waals surface area (Å²) in [4.78, 5) is 26.7. The predicted molar refractivity (Wildman–Crippen MR) is 370 cm³/mol. The number of esters is 1. The van der Waals surface area contributed by atoms with Gasteiger partial charge in [-0.05, 0) is 122 Å². The summed E-state index contributed by atoms with van der Waals surface area (Å²) in [6.45, 7) is 5.54. The molecule has 0 aromatic heterocycles. The summed E-state index contributed by atoms with van der Waals surface area (Å²) in [5.74, 6) is -1.25. The number of hydrogen-bond acceptors (Lipinski definition) is 10. The SMILES string of the molecule is CC/C=C\C/C=C\C/C=C\C/C=C\C/C=C\C/C=C\CCCC(O)C(=O)NC(COC1OC(CO)C(O)C(O)C1OC(=O)CCCCCCCCCCCCC/C=C\C/C=C\C/C=C\C/C=C\C/C=C\CC)C(O)/C=C/CCCCCCCCCCCC. The number of allylic oxidation sites excluding steroid dienone is 23. The van der Waals surface area contributed by atoms with Crippen molar-refractivity contribution < 1.29 is 49.3 Å². The topological polar surface area (TPSA) is 175 Å². The maximum atomic E-state index is 13.5. The number of hydrogen-bond donors (Lipinski definition) is 6. The van der Waals surface area contributed by atoms with E-state index in [1.54, 1.807) is 6.08 Å². The highest BCUT2D eigenvalue weighted by Gasteiger charge is 2.47. The van der Waals surface area contributed by atoms with E-state index in [1.165, 1.54) is 83.5 Å². The predicted octanol–water partition coefficient (Wildman–Crippen LogP) is 18.1. The minimum atomic E-state index is -1.63. The van der Waals surface area contributed by atoms with Crippen LogP contribution in [-0.2, 0) is 23.8 Å². The summed E-state index contributed by atoms with van der Waals surface area (Å²) in [5, 5.41) is 57.2. The lowest BCUT2D eigenvalue weighted by Gasteiger charge is -2.41. The lowest BCUT2D eigenvalue weighted by Crippen LogP contribution is -2.61. The Bertz CT molecular complexity index is 1990. The molecule has 1 fully saturated rings. The molecule has 88 heavy (non-hydrogen) atoms. The lowest BCUT2D eigenvalue weighted by atomic mass is 9.99. The molecule has 1 saturated heterocycles. The van der Waals surface area contributed by atoms with E-state index in [1.807, 2.05) is 12.2 Å². The summed E-state index contributed by atoms with van der Waals surface area (Å²) in [6, 6.07) is -1.06. The van der Waals surface area contributed by atoms with Gasteiger partial charge in [0.2, 0.25) is 5.91 Å². The Balaban J connectivity index is 2.61. The molecule has 1 aliphatic rings. The molecule has 500 valence electrons. The van der Waals surface area contributed by atoms with Crippen LogP contribution in [0.25, 0.3) is 0 Å². The number of rotatable bonds is 58. The van der Waals surface area contributed by atoms with E-state index in [9.17, 15) is 35.1 Å². The fourth-order valence-corrected chi connectivity index (χ4v) is 10.0. The van der Waals surface area contributed by atoms with Crippen LogP contribution in [0.4, 0.5) is 0 Å². The van der Waals surface area contributed by atoms with Gasteiger partial charge in [-0.1, -0.05) is 282 Å². The summed E-state index contributed by atoms with van der Waals surface area (Å²) < 4.78 is 17.7. The molecule has 11 nitrogen and oxygen atoms in total. The molecule has 6 N–H and O–H groups in total. The third-order valence-electron chi connectivity index (χ3n) is 15.5. The smallest absolute Gasteiger partial charge is 0.306 e. The number of aliphatic hydroxyl groups excluding tert-OH is 5. The Morgan fingerprint density at radius 1 is 0.455 bits per heavy atom. The van der Waals surface area contributed by atoms with Crippen LogP contribution in [-0.4, -0.2) is 99.6 Å². The van der Waals surface area contributed by atoms with Crippen molar-refractivity contribution in [3.63, 3.8) is 0 Å². The number of nitrogens with one attached hydrogen (secondary N) is 1. The molecule has 0 aliphatic carbocycles. The molecule has 8 unspecified atom stereocenters. The Kier molecular flexibility index (Phi) is 58.1. The average Bonchev–Trinajstić information content (AvgIpc) is 2.78. The van der Waals surface area contributed by atoms with E-state index in [2.05, 4.69) is 154 Å². The van der Waals surface area contributed by atoms with Gasteiger partial charge in [0.05, 0.1) is 25.4 Å². The number of carbonyl (C=O) groups excluding carboxylic acids is 2. The van der Waals surface area contributed by atoms with E-state index < -0.39 is 67.4 Å². The number of carbonyl (C=O) groups is 2. The standard InChI is InChI=1S/C77H127NO10/c1-4-7-10-13-16-19-22-25-27-29-31-33-34-35-36-37-38-39-41-43-45-47-50-53-56-59-62-65-72(82)88-75-74(84)73(83)71(66-79)87-77(75)86-67-68(69(80)63-60-57-54-51-48-24-21-18-15-12-9-6-3)78-76(85)70(81)64-61-58-55-52-49-46-44-42-40-32-30-28-26-23-20-17-14-11-8-5-2/h7-8,10-11,16-17,19-20,25-28,31-33,35-36,40,44,46,52,55,60,63,68-71,73-75,77,79-81,83-84H,4-6,9,12-15,18,21-24,29-30,34,37-39,41-43,45,47-51,53-54,56-59,61-62,64-67H2,1-3H3,(H,78,85)/b10-7-,11-8-,19-16-,20-17-,27-25-,28-26-,33-31-,36-35-,40-32-,46-44-,55-52-,63-60+. The van der Waals surface area contributed by atoms with E-state index >= 15 is 0 Å². The third-order valence-corrected chi connectivity index (χ3v) is 15.5. The zero-order valence-corrected chi connectivity index (χ0v) is 55.5. The molecule has 0 saturated carbocycles. The fraction of sp³-hybridized carbons (Fsp3) is 0.662. The van der Waals surface area contributed by atoms with E-state index in [-0.39, 0.29) is 19.4 Å². The van der Waals surface area contributed by atoms with Gasteiger partial charge in [0.25, 0.3) is 0 Å². The van der Waals surface area contributed by atoms with Crippen LogP contribution in [0, 0.1) is 0 Å². The van der Waals surface area contributed by atoms with Gasteiger partial charge in [0.1, 0.15) is 24.4 Å². The highest BCUT2D eigenvalue weighted by molar-refractivity contribution is 5.80. The first-order valence-electron chi connectivity index (χ1n) is 35.1. The fourth-order valence-electron chi connectivity index (χ4n) is 10.0. The van der Waals surface area contributed by atoms with Gasteiger partial charge in [-0.25, -0.2) is 0 Å². The quantitative estimate of drug-likeness (QED) is 0.0195. The third kappa shape index (κ3) is 49.3.